The highest BCUT2D eigenvalue weighted by Crippen LogP contribution is 2.72. The first-order valence-electron chi connectivity index (χ1n) is 37.9. The number of ether oxygens (including phenoxy) is 8. The zero-order chi connectivity index (χ0) is 79.2. The normalized spacial score (nSPS) is 24.3. The Labute approximate surface area is 641 Å². The number of urea groups is 1. The fraction of sp³-hybridized carbons (Fsp3) is 0.530. The highest BCUT2D eigenvalue weighted by atomic mass is 19.1. The van der Waals surface area contributed by atoms with Crippen LogP contribution in [0.2, 0.25) is 0 Å². The van der Waals surface area contributed by atoms with Gasteiger partial charge in [-0.2, -0.15) is 0 Å². The first-order valence-corrected chi connectivity index (χ1v) is 37.9. The van der Waals surface area contributed by atoms with Crippen LogP contribution in [0.1, 0.15) is 133 Å². The Balaban J connectivity index is 0.000000255. The van der Waals surface area contributed by atoms with E-state index in [1.807, 2.05) is 107 Å². The standard InChI is InChI=1S/C43H60N6O10.C40H45F2NO8/c1-31(2)41(37(50)29-34(42(54)45-3)12-8-19-47-43(44)55)48-39(52)18-21-56-23-25-58-27-28-59-26-24-57-22-20-46-38(51)16-17-40(53)49-30-35-11-5-4-9-32(35)14-15-33-10-6-7-13-36(33)49;1-5-6-35-50-34-19-28-29-18-31(41)30-17-26(44)15-16-37(30,3)39(29,42)32(45)20-38(28,4)40(34,51-35)33(46)22-48-27-13-11-25(12-14-27)43-36(47)49-21-24-9-7-23(2)8-10-24/h4-7,9-11,13,31,34,41H,8,12,16-30H2,1-3H3,(H,45,54)(H,46,51)(H,48,52)(H3,44,47,55);7-17,28-29,31-32,34-35,45H,5-6,18-22H2,1-4H3,(H,43,47)/t34-,41+;28-,29-,31-,32-,34+,35?,37-,38-,39-,40+/m10/s1. The number of carbonyl (C=O) groups is 9. The molecule has 4 aromatic rings. The average Bonchev–Trinajstić information content (AvgIpc) is 1.41. The molecule has 2 aliphatic heterocycles. The molecule has 3 saturated carbocycles. The molecule has 4 aromatic carbocycles. The number of amides is 7. The minimum absolute atomic E-state index is 0.0424. The smallest absolute Gasteiger partial charge is 0.411 e. The second-order valence-corrected chi connectivity index (χ2v) is 29.4. The van der Waals surface area contributed by atoms with Crippen LogP contribution in [-0.4, -0.2) is 180 Å². The van der Waals surface area contributed by atoms with E-state index < -0.39 is 101 Å². The summed E-state index contributed by atoms with van der Waals surface area (Å²) >= 11 is 0. The molecule has 1 unspecified atom stereocenters. The number of hydrogen-bond acceptors (Lipinski definition) is 18. The maximum absolute atomic E-state index is 17.7. The number of anilines is 2. The number of halogens is 2. The van der Waals surface area contributed by atoms with Crippen LogP contribution in [0.3, 0.4) is 0 Å². The SMILES string of the molecule is CCCC1O[C@@H]2C[C@H]3[C@@H]4C[C@H](F)C5=CC(=O)C=C[C@]5(C)[C@@]4(F)[C@@H](O)C[C@]3(C)[C@]2(C(=O)COc2ccc(NC(=O)OCc3ccc(C)cc3)cc2)O1.CNC(=O)[C@H](CCCNC(N)=O)CC(=O)[C@@H](NC(=O)CCOCCOCCOCCOCCNC(=O)CCC(=O)N1Cc2ccccc2C#Cc2ccccc21)C(C)C. The molecule has 27 heteroatoms. The number of aliphatic hydroxyl groups is 1. The van der Waals surface area contributed by atoms with Gasteiger partial charge in [-0.15, -0.1) is 0 Å². The highest BCUT2D eigenvalue weighted by molar-refractivity contribution is 6.02. The average molecular weight is 1530 g/mol. The van der Waals surface area contributed by atoms with Gasteiger partial charge >= 0.3 is 12.1 Å². The van der Waals surface area contributed by atoms with Gasteiger partial charge in [0.2, 0.25) is 29.4 Å². The summed E-state index contributed by atoms with van der Waals surface area (Å²) < 4.78 is 79.9. The Morgan fingerprint density at radius 1 is 0.782 bits per heavy atom. The molecule has 0 aromatic heterocycles. The van der Waals surface area contributed by atoms with E-state index in [0.29, 0.717) is 90.0 Å². The summed E-state index contributed by atoms with van der Waals surface area (Å²) in [6.07, 6.45) is 0.725. The topological polar surface area (TPSA) is 337 Å². The molecule has 0 spiro atoms. The van der Waals surface area contributed by atoms with Crippen LogP contribution in [-0.2, 0) is 79.9 Å². The van der Waals surface area contributed by atoms with Crippen LogP contribution < -0.4 is 42.0 Å². The molecular formula is C83H105F2N7O18. The van der Waals surface area contributed by atoms with Gasteiger partial charge in [-0.1, -0.05) is 112 Å². The Morgan fingerprint density at radius 3 is 2.13 bits per heavy atom. The summed E-state index contributed by atoms with van der Waals surface area (Å²) in [5.74, 6) is 2.36. The third-order valence-corrected chi connectivity index (χ3v) is 21.6. The number of alkyl halides is 2. The zero-order valence-corrected chi connectivity index (χ0v) is 63.8. The lowest BCUT2D eigenvalue weighted by Gasteiger charge is -2.63. The Kier molecular flexibility index (Phi) is 30.5. The second-order valence-electron chi connectivity index (χ2n) is 29.4. The Morgan fingerprint density at radius 2 is 1.45 bits per heavy atom. The van der Waals surface area contributed by atoms with E-state index in [9.17, 15) is 48.3 Å². The molecule has 1 saturated heterocycles. The van der Waals surface area contributed by atoms with E-state index in [1.165, 1.54) is 19.2 Å². The Hall–Kier alpha value is -9.27. The maximum Gasteiger partial charge on any atom is 0.411 e. The minimum Gasteiger partial charge on any atom is -0.486 e. The monoisotopic (exact) mass is 1530 g/mol. The molecule has 4 fully saturated rings. The Bertz CT molecular complexity index is 4020. The van der Waals surface area contributed by atoms with E-state index >= 15 is 8.78 Å². The first kappa shape index (κ1) is 84.7. The summed E-state index contributed by atoms with van der Waals surface area (Å²) in [6, 6.07) is 28.0. The number of hydrogen-bond donors (Lipinski definition) is 7. The van der Waals surface area contributed by atoms with E-state index in [4.69, 9.17) is 43.6 Å². The third kappa shape index (κ3) is 20.8. The number of allylic oxidation sites excluding steroid dienone is 4. The molecule has 25 nitrogen and oxygen atoms in total. The predicted molar refractivity (Wildman–Crippen MR) is 404 cm³/mol. The van der Waals surface area contributed by atoms with Crippen LogP contribution in [0.4, 0.5) is 29.7 Å². The van der Waals surface area contributed by atoms with Gasteiger partial charge in [0.1, 0.15) is 25.1 Å². The number of aliphatic hydroxyl groups excluding tert-OH is 1. The van der Waals surface area contributed by atoms with Gasteiger partial charge in [-0.3, -0.25) is 38.9 Å². The van der Waals surface area contributed by atoms with Crippen LogP contribution in [0.25, 0.3) is 0 Å². The van der Waals surface area contributed by atoms with Crippen molar-refractivity contribution in [3.05, 3.63) is 149 Å². The summed E-state index contributed by atoms with van der Waals surface area (Å²) in [5.41, 5.74) is 4.40. The number of fused-ring (bicyclic) bond motifs is 9. The van der Waals surface area contributed by atoms with Crippen molar-refractivity contribution in [3.63, 3.8) is 0 Å². The van der Waals surface area contributed by atoms with Crippen LogP contribution >= 0.6 is 0 Å². The molecule has 10 rings (SSSR count). The molecule has 12 atom stereocenters. The largest absolute Gasteiger partial charge is 0.486 e. The molecule has 2 heterocycles. The van der Waals surface area contributed by atoms with Crippen molar-refractivity contribution in [3.8, 4) is 17.6 Å². The molecular weight excluding hydrogens is 1420 g/mol. The number of Topliss-reactive ketones (excluding diaryl/α,β-unsaturated/α-hetero) is 2. The van der Waals surface area contributed by atoms with E-state index in [0.717, 1.165) is 46.0 Å². The van der Waals surface area contributed by atoms with Gasteiger partial charge in [0, 0.05) is 85.3 Å². The number of nitrogens with zero attached hydrogens (tertiary/aromatic N) is 1. The molecule has 8 N–H and O–H groups in total. The minimum atomic E-state index is -2.28. The number of para-hydroxylation sites is 1. The van der Waals surface area contributed by atoms with Crippen molar-refractivity contribution >= 4 is 64.5 Å². The van der Waals surface area contributed by atoms with Crippen molar-refractivity contribution in [2.75, 3.05) is 89.8 Å². The number of aryl methyl sites for hydroxylation is 1. The predicted octanol–water partition coefficient (Wildman–Crippen LogP) is 9.10. The highest BCUT2D eigenvalue weighted by Gasteiger charge is 2.80. The van der Waals surface area contributed by atoms with Gasteiger partial charge in [0.25, 0.3) is 0 Å². The van der Waals surface area contributed by atoms with Crippen molar-refractivity contribution in [2.24, 2.45) is 40.2 Å². The molecule has 594 valence electrons. The van der Waals surface area contributed by atoms with Gasteiger partial charge in [-0.05, 0) is 136 Å². The third-order valence-electron chi connectivity index (χ3n) is 21.6. The van der Waals surface area contributed by atoms with Gasteiger partial charge in [-0.25, -0.2) is 18.4 Å². The second kappa shape index (κ2) is 39.6. The van der Waals surface area contributed by atoms with E-state index in [-0.39, 0.29) is 106 Å². The van der Waals surface area contributed by atoms with E-state index in [2.05, 4.69) is 38.4 Å². The fourth-order valence-corrected chi connectivity index (χ4v) is 15.9. The van der Waals surface area contributed by atoms with Crippen molar-refractivity contribution in [1.82, 2.24) is 21.3 Å². The number of nitrogens with two attached hydrogens (primary N) is 1. The molecule has 7 amide bonds. The molecule has 110 heavy (non-hydrogen) atoms. The number of benzene rings is 4. The lowest BCUT2D eigenvalue weighted by molar-refractivity contribution is -0.234. The number of ketones is 3. The quantitative estimate of drug-likeness (QED) is 0.0163. The molecule has 6 aliphatic rings. The summed E-state index contributed by atoms with van der Waals surface area (Å²) in [4.78, 5) is 115. The fourth-order valence-electron chi connectivity index (χ4n) is 15.9. The van der Waals surface area contributed by atoms with Crippen molar-refractivity contribution in [1.29, 1.82) is 0 Å². The number of carbonyl (C=O) groups excluding carboxylic acids is 9. The zero-order valence-electron chi connectivity index (χ0n) is 63.8. The maximum atomic E-state index is 17.7. The number of nitrogens with one attached hydrogen (secondary N) is 5. The van der Waals surface area contributed by atoms with Gasteiger partial charge < -0.3 is 74.9 Å². The summed E-state index contributed by atoms with van der Waals surface area (Å²) in [5, 5.41) is 25.1. The molecule has 0 bridgehead atoms. The lowest BCUT2D eigenvalue weighted by Crippen LogP contribution is -2.71. The number of rotatable bonds is 37. The van der Waals surface area contributed by atoms with E-state index in [1.54, 1.807) is 36.1 Å². The summed E-state index contributed by atoms with van der Waals surface area (Å²) in [6.45, 7) is 14.1. The first-order chi connectivity index (χ1) is 52.7. The molecule has 4 aliphatic carbocycles. The molecule has 0 radical (unpaired) electrons. The number of primary amides is 1. The van der Waals surface area contributed by atoms with Crippen LogP contribution in [0, 0.1) is 53.3 Å². The van der Waals surface area contributed by atoms with Crippen LogP contribution in [0.15, 0.2) is 121 Å². The van der Waals surface area contributed by atoms with Crippen LogP contribution in [0.5, 0.6) is 5.75 Å². The van der Waals surface area contributed by atoms with Gasteiger partial charge in [0.05, 0.1) is 83.3 Å². The van der Waals surface area contributed by atoms with Crippen molar-refractivity contribution < 1.29 is 94.9 Å². The van der Waals surface area contributed by atoms with Crippen molar-refractivity contribution in [2.45, 2.75) is 167 Å². The lowest BCUT2D eigenvalue weighted by atomic mass is 9.44. The van der Waals surface area contributed by atoms with Gasteiger partial charge in [0.15, 0.2) is 29.1 Å². The summed E-state index contributed by atoms with van der Waals surface area (Å²) in [7, 11) is 1.50.